The molecule has 0 amide bonds. The second-order valence-corrected chi connectivity index (χ2v) is 4.89. The molecule has 0 saturated carbocycles. The third-order valence-electron chi connectivity index (χ3n) is 0.691. The lowest BCUT2D eigenvalue weighted by Crippen LogP contribution is -2.09. The maximum Gasteiger partial charge on any atom is 0.437 e. The van der Waals surface area contributed by atoms with Crippen LogP contribution in [-0.4, -0.2) is 24.2 Å². The van der Waals surface area contributed by atoms with Gasteiger partial charge in [-0.3, -0.25) is 0 Å². The van der Waals surface area contributed by atoms with Crippen LogP contribution in [0.2, 0.25) is 5.54 Å². The summed E-state index contributed by atoms with van der Waals surface area (Å²) in [5.74, 6) is 0. The number of hydrogen-bond acceptors (Lipinski definition) is 3. The van der Waals surface area contributed by atoms with Crippen LogP contribution in [0, 0.1) is 0 Å². The first-order chi connectivity index (χ1) is 4.42. The monoisotopic (exact) mass is 184 g/mol. The fourth-order valence-corrected chi connectivity index (χ4v) is 1.44. The highest BCUT2D eigenvalue weighted by atomic mass is 32.3. The molecule has 6 heteroatoms. The Bertz CT molecular complexity index is 177. The number of halogens is 1. The molecule has 0 fully saturated rings. The van der Waals surface area contributed by atoms with E-state index in [2.05, 4.69) is 4.18 Å². The van der Waals surface area contributed by atoms with Crippen molar-refractivity contribution in [1.82, 2.24) is 0 Å². The molecule has 0 aliphatic rings. The van der Waals surface area contributed by atoms with E-state index < -0.39 is 10.5 Å². The fourth-order valence-electron chi connectivity index (χ4n) is 0.271. The van der Waals surface area contributed by atoms with Crippen molar-refractivity contribution < 1.29 is 16.5 Å². The van der Waals surface area contributed by atoms with Crippen LogP contribution >= 0.6 is 0 Å². The van der Waals surface area contributed by atoms with E-state index in [0.29, 0.717) is 15.1 Å². The first-order valence-electron chi connectivity index (χ1n) is 2.74. The van der Waals surface area contributed by atoms with E-state index in [1.165, 1.54) is 0 Å². The summed E-state index contributed by atoms with van der Waals surface area (Å²) >= 11 is 0. The highest BCUT2D eigenvalue weighted by Gasteiger charge is 2.07. The summed E-state index contributed by atoms with van der Waals surface area (Å²) in [6.45, 7) is 3.82. The summed E-state index contributed by atoms with van der Waals surface area (Å²) < 4.78 is 34.9. The first-order valence-corrected chi connectivity index (χ1v) is 5.33. The van der Waals surface area contributed by atoms with Crippen molar-refractivity contribution in [2.45, 2.75) is 19.4 Å². The molecule has 60 valence electrons. The van der Waals surface area contributed by atoms with Gasteiger partial charge in [-0.25, -0.2) is 4.18 Å². The van der Waals surface area contributed by atoms with Gasteiger partial charge in [0, 0.05) is 0 Å². The van der Waals surface area contributed by atoms with Crippen molar-refractivity contribution in [3.05, 3.63) is 0 Å². The van der Waals surface area contributed by atoms with Crippen LogP contribution in [0.5, 0.6) is 0 Å². The Balaban J connectivity index is 3.39. The molecule has 0 aromatic rings. The van der Waals surface area contributed by atoms with Crippen molar-refractivity contribution in [1.29, 1.82) is 0 Å². The van der Waals surface area contributed by atoms with Crippen LogP contribution in [-0.2, 0) is 14.7 Å². The normalized spacial score (nSPS) is 12.4. The number of rotatable bonds is 4. The SMILES string of the molecule is CC(C)[Si]COS(=O)(=O)F. The lowest BCUT2D eigenvalue weighted by Gasteiger charge is -1.99. The van der Waals surface area contributed by atoms with E-state index in [4.69, 9.17) is 0 Å². The molecule has 3 nitrogen and oxygen atoms in total. The molecule has 0 heterocycles. The molecular formula is C4H9FO3SSi. The summed E-state index contributed by atoms with van der Waals surface area (Å²) in [6, 6.07) is 0. The third-order valence-corrected chi connectivity index (χ3v) is 2.43. The van der Waals surface area contributed by atoms with E-state index in [9.17, 15) is 12.3 Å². The van der Waals surface area contributed by atoms with E-state index >= 15 is 0 Å². The Morgan fingerprint density at radius 2 is 2.10 bits per heavy atom. The Morgan fingerprint density at radius 1 is 1.60 bits per heavy atom. The van der Waals surface area contributed by atoms with Crippen molar-refractivity contribution in [2.75, 3.05) is 6.23 Å². The first kappa shape index (κ1) is 10.1. The summed E-state index contributed by atoms with van der Waals surface area (Å²) in [6.07, 6.45) is -0.0451. The molecule has 0 atom stereocenters. The van der Waals surface area contributed by atoms with Crippen LogP contribution in [0.4, 0.5) is 3.89 Å². The average molecular weight is 184 g/mol. The van der Waals surface area contributed by atoms with Gasteiger partial charge in [-0.2, -0.15) is 8.42 Å². The minimum atomic E-state index is -4.71. The van der Waals surface area contributed by atoms with Gasteiger partial charge in [0.2, 0.25) is 0 Å². The lowest BCUT2D eigenvalue weighted by molar-refractivity contribution is 0.342. The van der Waals surface area contributed by atoms with Crippen LogP contribution in [0.15, 0.2) is 0 Å². The van der Waals surface area contributed by atoms with Gasteiger partial charge in [-0.1, -0.05) is 23.3 Å². The minimum Gasteiger partial charge on any atom is -0.249 e. The maximum atomic E-state index is 11.6. The highest BCUT2D eigenvalue weighted by Crippen LogP contribution is 1.99. The zero-order valence-electron chi connectivity index (χ0n) is 5.80. The van der Waals surface area contributed by atoms with Gasteiger partial charge in [0.05, 0.1) is 15.7 Å². The van der Waals surface area contributed by atoms with Gasteiger partial charge < -0.3 is 0 Å². The molecule has 2 radical (unpaired) electrons. The topological polar surface area (TPSA) is 43.4 Å². The van der Waals surface area contributed by atoms with Crippen molar-refractivity contribution in [3.8, 4) is 0 Å². The van der Waals surface area contributed by atoms with Crippen LogP contribution in [0.3, 0.4) is 0 Å². The second-order valence-electron chi connectivity index (χ2n) is 2.01. The smallest absolute Gasteiger partial charge is 0.249 e. The molecule has 0 N–H and O–H groups in total. The summed E-state index contributed by atoms with van der Waals surface area (Å²) in [4.78, 5) is 0. The standard InChI is InChI=1S/C4H9FO3SSi/c1-4(2)10-3-8-9(5,6)7/h4H,3H2,1-2H3. The molecule has 0 spiro atoms. The minimum absolute atomic E-state index is 0.0451. The molecular weight excluding hydrogens is 175 g/mol. The predicted molar refractivity (Wildman–Crippen MR) is 36.8 cm³/mol. The molecule has 0 aromatic heterocycles. The van der Waals surface area contributed by atoms with Crippen LogP contribution < -0.4 is 0 Å². The fraction of sp³-hybridized carbons (Fsp3) is 1.00. The van der Waals surface area contributed by atoms with Crippen molar-refractivity contribution in [3.63, 3.8) is 0 Å². The van der Waals surface area contributed by atoms with Gasteiger partial charge in [0.25, 0.3) is 0 Å². The Hall–Kier alpha value is 0.0569. The van der Waals surface area contributed by atoms with E-state index in [1.807, 2.05) is 13.8 Å². The van der Waals surface area contributed by atoms with Gasteiger partial charge in [0.1, 0.15) is 0 Å². The molecule has 0 aliphatic heterocycles. The largest absolute Gasteiger partial charge is 0.437 e. The van der Waals surface area contributed by atoms with Crippen LogP contribution in [0.1, 0.15) is 13.8 Å². The van der Waals surface area contributed by atoms with E-state index in [-0.39, 0.29) is 6.23 Å². The summed E-state index contributed by atoms with van der Waals surface area (Å²) in [7, 11) is -4.39. The molecule has 0 unspecified atom stereocenters. The quantitative estimate of drug-likeness (QED) is 0.477. The zero-order valence-corrected chi connectivity index (χ0v) is 7.61. The molecule has 0 rings (SSSR count). The Kier molecular flexibility index (Phi) is 4.07. The molecule has 10 heavy (non-hydrogen) atoms. The molecule has 0 saturated heterocycles. The van der Waals surface area contributed by atoms with Gasteiger partial charge in [0.15, 0.2) is 0 Å². The highest BCUT2D eigenvalue weighted by molar-refractivity contribution is 7.81. The summed E-state index contributed by atoms with van der Waals surface area (Å²) in [5, 5.41) is 0. The lowest BCUT2D eigenvalue weighted by atomic mass is 10.6. The van der Waals surface area contributed by atoms with Crippen molar-refractivity contribution in [2.24, 2.45) is 0 Å². The van der Waals surface area contributed by atoms with Gasteiger partial charge in [-0.05, 0) is 0 Å². The van der Waals surface area contributed by atoms with E-state index in [1.54, 1.807) is 0 Å². The molecule has 0 bridgehead atoms. The predicted octanol–water partition coefficient (Wildman–Crippen LogP) is 0.707. The van der Waals surface area contributed by atoms with Gasteiger partial charge >= 0.3 is 10.5 Å². The van der Waals surface area contributed by atoms with Crippen molar-refractivity contribution >= 4 is 20.0 Å². The van der Waals surface area contributed by atoms with E-state index in [0.717, 1.165) is 0 Å². The average Bonchev–Trinajstić information content (AvgIpc) is 1.59. The Labute approximate surface area is 62.8 Å². The van der Waals surface area contributed by atoms with Crippen LogP contribution in [0.25, 0.3) is 0 Å². The number of hydrogen-bond donors (Lipinski definition) is 0. The Morgan fingerprint density at radius 3 is 2.40 bits per heavy atom. The zero-order chi connectivity index (χ0) is 8.20. The summed E-state index contributed by atoms with van der Waals surface area (Å²) in [5.41, 5.74) is 0.349. The van der Waals surface area contributed by atoms with Gasteiger partial charge in [-0.15, -0.1) is 0 Å². The molecule has 0 aliphatic carbocycles. The molecule has 0 aromatic carbocycles. The second kappa shape index (κ2) is 4.04. The third kappa shape index (κ3) is 8.06. The maximum absolute atomic E-state index is 11.6.